The van der Waals surface area contributed by atoms with Crippen LogP contribution in [0.4, 0.5) is 0 Å². The maximum absolute atomic E-state index is 12.2. The molecule has 0 spiro atoms. The van der Waals surface area contributed by atoms with Crippen LogP contribution in [0.15, 0.2) is 67.0 Å². The highest BCUT2D eigenvalue weighted by Gasteiger charge is 2.08. The van der Waals surface area contributed by atoms with Crippen molar-refractivity contribution in [1.82, 2.24) is 15.1 Å². The van der Waals surface area contributed by atoms with Crippen LogP contribution in [0.25, 0.3) is 5.69 Å². The highest BCUT2D eigenvalue weighted by atomic mass is 32.2. The lowest BCUT2D eigenvalue weighted by Gasteiger charge is -2.05. The van der Waals surface area contributed by atoms with Crippen molar-refractivity contribution in [3.05, 3.63) is 83.7 Å². The summed E-state index contributed by atoms with van der Waals surface area (Å²) in [7, 11) is -3.08. The van der Waals surface area contributed by atoms with Gasteiger partial charge in [0.1, 0.15) is 0 Å². The Labute approximate surface area is 158 Å². The van der Waals surface area contributed by atoms with Crippen LogP contribution in [0, 0.1) is 0 Å². The van der Waals surface area contributed by atoms with Crippen molar-refractivity contribution < 1.29 is 13.2 Å². The summed E-state index contributed by atoms with van der Waals surface area (Å²) in [5.41, 5.74) is 3.19. The molecule has 0 saturated heterocycles. The van der Waals surface area contributed by atoms with Crippen LogP contribution in [0.3, 0.4) is 0 Å². The Bertz CT molecular complexity index is 1010. The van der Waals surface area contributed by atoms with E-state index in [0.29, 0.717) is 24.1 Å². The molecular weight excluding hydrogens is 362 g/mol. The number of rotatable bonds is 7. The van der Waals surface area contributed by atoms with Crippen LogP contribution in [-0.4, -0.2) is 36.9 Å². The molecule has 0 fully saturated rings. The molecule has 6 nitrogen and oxygen atoms in total. The van der Waals surface area contributed by atoms with E-state index in [1.807, 2.05) is 36.5 Å². The van der Waals surface area contributed by atoms with Gasteiger partial charge in [-0.05, 0) is 41.8 Å². The van der Waals surface area contributed by atoms with Gasteiger partial charge in [-0.15, -0.1) is 0 Å². The largest absolute Gasteiger partial charge is 0.352 e. The summed E-state index contributed by atoms with van der Waals surface area (Å²) in [6.07, 6.45) is 5.60. The summed E-state index contributed by atoms with van der Waals surface area (Å²) < 4.78 is 24.4. The standard InChI is InChI=1S/C20H21N3O3S/c1-27(25,26)15-16-7-9-18(10-8-16)20(24)21-12-11-17-13-22-23(14-17)19-5-3-2-4-6-19/h2-10,13-14H,11-12,15H2,1H3,(H,21,24). The Morgan fingerprint density at radius 2 is 1.74 bits per heavy atom. The Morgan fingerprint density at radius 3 is 2.41 bits per heavy atom. The number of carbonyl (C=O) groups is 1. The summed E-state index contributed by atoms with van der Waals surface area (Å²) in [6, 6.07) is 16.4. The van der Waals surface area contributed by atoms with E-state index in [4.69, 9.17) is 0 Å². The van der Waals surface area contributed by atoms with Gasteiger partial charge < -0.3 is 5.32 Å². The number of hydrogen-bond donors (Lipinski definition) is 1. The average Bonchev–Trinajstić information content (AvgIpc) is 3.10. The fourth-order valence-corrected chi connectivity index (χ4v) is 3.49. The van der Waals surface area contributed by atoms with Gasteiger partial charge in [0, 0.05) is 24.6 Å². The molecule has 1 aromatic heterocycles. The summed E-state index contributed by atoms with van der Waals surface area (Å²) in [6.45, 7) is 0.490. The summed E-state index contributed by atoms with van der Waals surface area (Å²) >= 11 is 0. The smallest absolute Gasteiger partial charge is 0.251 e. The van der Waals surface area contributed by atoms with E-state index in [0.717, 1.165) is 11.3 Å². The molecule has 0 aliphatic heterocycles. The first kappa shape index (κ1) is 18.8. The quantitative estimate of drug-likeness (QED) is 0.679. The molecule has 2 aromatic carbocycles. The summed E-state index contributed by atoms with van der Waals surface area (Å²) in [5, 5.41) is 7.21. The summed E-state index contributed by atoms with van der Waals surface area (Å²) in [4.78, 5) is 12.2. The SMILES string of the molecule is CS(=O)(=O)Cc1ccc(C(=O)NCCc2cnn(-c3ccccc3)c2)cc1. The highest BCUT2D eigenvalue weighted by Crippen LogP contribution is 2.09. The number of aromatic nitrogens is 2. The number of amides is 1. The maximum atomic E-state index is 12.2. The molecule has 0 aliphatic rings. The normalized spacial score (nSPS) is 11.3. The van der Waals surface area contributed by atoms with Crippen LogP contribution in [0.1, 0.15) is 21.5 Å². The number of hydrogen-bond acceptors (Lipinski definition) is 4. The predicted octanol–water partition coefficient (Wildman–Crippen LogP) is 2.39. The average molecular weight is 383 g/mol. The second-order valence-electron chi connectivity index (χ2n) is 6.40. The predicted molar refractivity (Wildman–Crippen MR) is 105 cm³/mol. The van der Waals surface area contributed by atoms with Crippen LogP contribution >= 0.6 is 0 Å². The third-order valence-corrected chi connectivity index (χ3v) is 4.86. The van der Waals surface area contributed by atoms with Crippen molar-refractivity contribution in [2.75, 3.05) is 12.8 Å². The van der Waals surface area contributed by atoms with Crippen LogP contribution in [0.5, 0.6) is 0 Å². The Hall–Kier alpha value is -2.93. The molecule has 3 rings (SSSR count). The molecule has 1 heterocycles. The van der Waals surface area contributed by atoms with E-state index < -0.39 is 9.84 Å². The molecule has 0 saturated carbocycles. The van der Waals surface area contributed by atoms with Gasteiger partial charge in [0.05, 0.1) is 17.6 Å². The summed E-state index contributed by atoms with van der Waals surface area (Å²) in [5.74, 6) is -0.211. The van der Waals surface area contributed by atoms with Gasteiger partial charge in [-0.1, -0.05) is 30.3 Å². The van der Waals surface area contributed by atoms with E-state index >= 15 is 0 Å². The van der Waals surface area contributed by atoms with Crippen molar-refractivity contribution >= 4 is 15.7 Å². The first-order valence-electron chi connectivity index (χ1n) is 8.54. The molecule has 0 atom stereocenters. The lowest BCUT2D eigenvalue weighted by atomic mass is 10.1. The van der Waals surface area contributed by atoms with Crippen molar-refractivity contribution in [3.63, 3.8) is 0 Å². The molecule has 27 heavy (non-hydrogen) atoms. The zero-order chi connectivity index (χ0) is 19.3. The highest BCUT2D eigenvalue weighted by molar-refractivity contribution is 7.89. The first-order chi connectivity index (χ1) is 12.9. The van der Waals surface area contributed by atoms with E-state index in [-0.39, 0.29) is 11.7 Å². The minimum atomic E-state index is -3.08. The molecule has 3 aromatic rings. The zero-order valence-electron chi connectivity index (χ0n) is 15.0. The fraction of sp³-hybridized carbons (Fsp3) is 0.200. The minimum Gasteiger partial charge on any atom is -0.352 e. The number of nitrogens with one attached hydrogen (secondary N) is 1. The molecule has 7 heteroatoms. The molecule has 0 radical (unpaired) electrons. The van der Waals surface area contributed by atoms with Gasteiger partial charge in [0.2, 0.25) is 0 Å². The Kier molecular flexibility index (Phi) is 5.71. The molecule has 1 N–H and O–H groups in total. The lowest BCUT2D eigenvalue weighted by Crippen LogP contribution is -2.25. The number of nitrogens with zero attached hydrogens (tertiary/aromatic N) is 2. The second kappa shape index (κ2) is 8.18. The second-order valence-corrected chi connectivity index (χ2v) is 8.54. The van der Waals surface area contributed by atoms with Gasteiger partial charge >= 0.3 is 0 Å². The maximum Gasteiger partial charge on any atom is 0.251 e. The fourth-order valence-electron chi connectivity index (χ4n) is 2.69. The third-order valence-electron chi connectivity index (χ3n) is 4.00. The van der Waals surface area contributed by atoms with Gasteiger partial charge in [0.25, 0.3) is 5.91 Å². The Balaban J connectivity index is 1.52. The van der Waals surface area contributed by atoms with E-state index in [1.54, 1.807) is 35.1 Å². The third kappa shape index (κ3) is 5.52. The number of carbonyl (C=O) groups excluding carboxylic acids is 1. The molecule has 0 unspecified atom stereocenters. The Morgan fingerprint density at radius 1 is 1.04 bits per heavy atom. The van der Waals surface area contributed by atoms with E-state index in [1.165, 1.54) is 6.26 Å². The number of sulfone groups is 1. The first-order valence-corrected chi connectivity index (χ1v) is 10.6. The van der Waals surface area contributed by atoms with E-state index in [9.17, 15) is 13.2 Å². The molecule has 1 amide bonds. The molecule has 0 bridgehead atoms. The van der Waals surface area contributed by atoms with Crippen molar-refractivity contribution in [2.24, 2.45) is 0 Å². The van der Waals surface area contributed by atoms with Gasteiger partial charge in [-0.25, -0.2) is 13.1 Å². The van der Waals surface area contributed by atoms with Gasteiger partial charge in [-0.3, -0.25) is 4.79 Å². The van der Waals surface area contributed by atoms with Crippen molar-refractivity contribution in [3.8, 4) is 5.69 Å². The molecular formula is C20H21N3O3S. The van der Waals surface area contributed by atoms with Crippen LogP contribution < -0.4 is 5.32 Å². The van der Waals surface area contributed by atoms with Gasteiger partial charge in [0.15, 0.2) is 9.84 Å². The number of para-hydroxylation sites is 1. The van der Waals surface area contributed by atoms with Crippen molar-refractivity contribution in [2.45, 2.75) is 12.2 Å². The van der Waals surface area contributed by atoms with Crippen molar-refractivity contribution in [1.29, 1.82) is 0 Å². The van der Waals surface area contributed by atoms with Crippen LogP contribution in [-0.2, 0) is 22.0 Å². The monoisotopic (exact) mass is 383 g/mol. The number of benzene rings is 2. The minimum absolute atomic E-state index is 0.0275. The van der Waals surface area contributed by atoms with Gasteiger partial charge in [-0.2, -0.15) is 5.10 Å². The zero-order valence-corrected chi connectivity index (χ0v) is 15.8. The topological polar surface area (TPSA) is 81.1 Å². The van der Waals surface area contributed by atoms with Crippen LogP contribution in [0.2, 0.25) is 0 Å². The lowest BCUT2D eigenvalue weighted by molar-refractivity contribution is 0.0954. The van der Waals surface area contributed by atoms with E-state index in [2.05, 4.69) is 10.4 Å². The molecule has 0 aliphatic carbocycles. The molecule has 140 valence electrons.